The fraction of sp³-hybridized carbons (Fsp3) is 0.161. The van der Waals surface area contributed by atoms with Gasteiger partial charge in [0.05, 0.1) is 29.1 Å². The summed E-state index contributed by atoms with van der Waals surface area (Å²) in [6, 6.07) is 23.3. The fourth-order valence-corrected chi connectivity index (χ4v) is 4.92. The van der Waals surface area contributed by atoms with Crippen molar-refractivity contribution in [2.24, 2.45) is 0 Å². The third kappa shape index (κ3) is 5.73. The zero-order chi connectivity index (χ0) is 28.3. The molecule has 3 N–H and O–H groups in total. The molecule has 2 amide bonds. The van der Waals surface area contributed by atoms with Gasteiger partial charge in [-0.1, -0.05) is 0 Å². The normalized spacial score (nSPS) is 13.7. The van der Waals surface area contributed by atoms with Crippen LogP contribution in [0.3, 0.4) is 0 Å². The van der Waals surface area contributed by atoms with Crippen LogP contribution in [0.15, 0.2) is 97.5 Å². The van der Waals surface area contributed by atoms with Crippen molar-refractivity contribution in [3.63, 3.8) is 0 Å². The van der Waals surface area contributed by atoms with Crippen molar-refractivity contribution in [2.45, 2.75) is 18.9 Å². The molecule has 206 valence electrons. The topological polar surface area (TPSA) is 126 Å². The summed E-state index contributed by atoms with van der Waals surface area (Å²) in [7, 11) is 0. The molecule has 0 radical (unpaired) electrons. The monoisotopic (exact) mass is 548 g/mol. The van der Waals surface area contributed by atoms with Gasteiger partial charge in [0.15, 0.2) is 12.4 Å². The summed E-state index contributed by atoms with van der Waals surface area (Å²) >= 11 is 0. The van der Waals surface area contributed by atoms with Gasteiger partial charge in [-0.2, -0.15) is 9.83 Å². The highest BCUT2D eigenvalue weighted by atomic mass is 16.5. The van der Waals surface area contributed by atoms with Crippen LogP contribution >= 0.6 is 0 Å². The van der Waals surface area contributed by atoms with E-state index in [9.17, 15) is 19.9 Å². The van der Waals surface area contributed by atoms with Gasteiger partial charge in [0.25, 0.3) is 11.8 Å². The standard InChI is InChI=1S/C31H28N6O4/c38-28-13-15-35(16-14-28)26-6-1-21(2-7-26)30(39)34-25-5-10-29-23(19-25)20-32-37(29)27-8-3-24(4-9-27)33-31(40)22-11-17-36(41)18-12-22/h1-12,17-20,28,38H,13-16H2,(H,33,40)(H,34,39). The molecule has 3 heterocycles. The van der Waals surface area contributed by atoms with E-state index in [0.29, 0.717) is 27.2 Å². The number of aromatic nitrogens is 3. The van der Waals surface area contributed by atoms with E-state index < -0.39 is 0 Å². The summed E-state index contributed by atoms with van der Waals surface area (Å²) in [6.07, 6.45) is 5.58. The summed E-state index contributed by atoms with van der Waals surface area (Å²) in [4.78, 5) is 27.5. The van der Waals surface area contributed by atoms with Crippen molar-refractivity contribution >= 4 is 39.8 Å². The lowest BCUT2D eigenvalue weighted by Crippen LogP contribution is -2.35. The molecule has 5 aromatic rings. The van der Waals surface area contributed by atoms with Crippen LogP contribution < -0.4 is 20.3 Å². The Morgan fingerprint density at radius 3 is 2.07 bits per heavy atom. The molecule has 0 unspecified atom stereocenters. The second-order valence-electron chi connectivity index (χ2n) is 10.00. The number of rotatable bonds is 6. The molecule has 10 nitrogen and oxygen atoms in total. The summed E-state index contributed by atoms with van der Waals surface area (Å²) in [5.74, 6) is -0.506. The minimum Gasteiger partial charge on any atom is -0.619 e. The van der Waals surface area contributed by atoms with Crippen LogP contribution in [0, 0.1) is 5.21 Å². The Labute approximate surface area is 236 Å². The first-order chi connectivity index (χ1) is 19.9. The number of aliphatic hydroxyl groups is 1. The third-order valence-electron chi connectivity index (χ3n) is 7.22. The lowest BCUT2D eigenvalue weighted by molar-refractivity contribution is -0.605. The molecule has 0 spiro atoms. The van der Waals surface area contributed by atoms with Crippen molar-refractivity contribution in [3.05, 3.63) is 114 Å². The van der Waals surface area contributed by atoms with Gasteiger partial charge in [-0.15, -0.1) is 0 Å². The Morgan fingerprint density at radius 1 is 0.805 bits per heavy atom. The number of aliphatic hydroxyl groups excluding tert-OH is 1. The molecule has 3 aromatic carbocycles. The number of carbonyl (C=O) groups is 2. The van der Waals surface area contributed by atoms with Gasteiger partial charge in [0, 0.05) is 53.2 Å². The van der Waals surface area contributed by atoms with Crippen molar-refractivity contribution in [2.75, 3.05) is 28.6 Å². The molecule has 1 aliphatic rings. The van der Waals surface area contributed by atoms with Crippen LogP contribution in [-0.2, 0) is 0 Å². The largest absolute Gasteiger partial charge is 0.619 e. The summed E-state index contributed by atoms with van der Waals surface area (Å²) in [5, 5.41) is 32.1. The number of nitrogens with one attached hydrogen (secondary N) is 2. The van der Waals surface area contributed by atoms with E-state index in [0.717, 1.165) is 48.2 Å². The maximum Gasteiger partial charge on any atom is 0.256 e. The molecule has 10 heteroatoms. The molecule has 0 atom stereocenters. The van der Waals surface area contributed by atoms with E-state index in [4.69, 9.17) is 0 Å². The number of pyridine rings is 1. The fourth-order valence-electron chi connectivity index (χ4n) is 4.92. The number of piperidine rings is 1. The number of amides is 2. The highest BCUT2D eigenvalue weighted by Gasteiger charge is 2.18. The zero-order valence-electron chi connectivity index (χ0n) is 22.1. The Balaban J connectivity index is 1.11. The number of nitrogens with zero attached hydrogens (tertiary/aromatic N) is 4. The van der Waals surface area contributed by atoms with E-state index in [1.165, 1.54) is 24.5 Å². The number of hydrogen-bond acceptors (Lipinski definition) is 6. The maximum atomic E-state index is 12.9. The first-order valence-electron chi connectivity index (χ1n) is 13.4. The average Bonchev–Trinajstić information content (AvgIpc) is 3.42. The van der Waals surface area contributed by atoms with Crippen molar-refractivity contribution in [3.8, 4) is 5.69 Å². The molecular formula is C31H28N6O4. The van der Waals surface area contributed by atoms with E-state index in [2.05, 4.69) is 20.6 Å². The van der Waals surface area contributed by atoms with Crippen LogP contribution in [0.25, 0.3) is 16.6 Å². The molecule has 2 aromatic heterocycles. The minimum atomic E-state index is -0.309. The van der Waals surface area contributed by atoms with Gasteiger partial charge in [0.2, 0.25) is 0 Å². The average molecular weight is 549 g/mol. The third-order valence-corrected chi connectivity index (χ3v) is 7.22. The maximum absolute atomic E-state index is 12.9. The second-order valence-corrected chi connectivity index (χ2v) is 10.00. The molecule has 0 aliphatic carbocycles. The summed E-state index contributed by atoms with van der Waals surface area (Å²) in [5.41, 5.74) is 4.95. The predicted octanol–water partition coefficient (Wildman–Crippen LogP) is 4.12. The van der Waals surface area contributed by atoms with Gasteiger partial charge >= 0.3 is 0 Å². The lowest BCUT2D eigenvalue weighted by Gasteiger charge is -2.31. The molecule has 6 rings (SSSR count). The Kier molecular flexibility index (Phi) is 7.05. The Morgan fingerprint density at radius 2 is 1.39 bits per heavy atom. The Bertz CT molecular complexity index is 1690. The predicted molar refractivity (Wildman–Crippen MR) is 156 cm³/mol. The zero-order valence-corrected chi connectivity index (χ0v) is 22.1. The first kappa shape index (κ1) is 26.0. The quantitative estimate of drug-likeness (QED) is 0.216. The van der Waals surface area contributed by atoms with E-state index >= 15 is 0 Å². The van der Waals surface area contributed by atoms with Crippen LogP contribution in [0.2, 0.25) is 0 Å². The van der Waals surface area contributed by atoms with Gasteiger partial charge in [-0.05, 0) is 79.6 Å². The first-order valence-corrected chi connectivity index (χ1v) is 13.4. The molecule has 41 heavy (non-hydrogen) atoms. The minimum absolute atomic E-state index is 0.197. The summed E-state index contributed by atoms with van der Waals surface area (Å²) in [6.45, 7) is 1.61. The SMILES string of the molecule is O=C(Nc1ccc(-n2ncc3cc(NC(=O)c4ccc(N5CCC(O)CC5)cc4)ccc32)cc1)c1cc[n+]([O-])cc1. The van der Waals surface area contributed by atoms with E-state index in [-0.39, 0.29) is 17.9 Å². The highest BCUT2D eigenvalue weighted by Crippen LogP contribution is 2.25. The van der Waals surface area contributed by atoms with Crippen LogP contribution in [0.1, 0.15) is 33.6 Å². The van der Waals surface area contributed by atoms with E-state index in [1.54, 1.807) is 23.0 Å². The molecule has 1 aliphatic heterocycles. The van der Waals surface area contributed by atoms with E-state index in [1.807, 2.05) is 54.6 Å². The lowest BCUT2D eigenvalue weighted by atomic mass is 10.1. The second kappa shape index (κ2) is 11.1. The number of fused-ring (bicyclic) bond motifs is 1. The van der Waals surface area contributed by atoms with Gasteiger partial charge in [-0.3, -0.25) is 9.59 Å². The highest BCUT2D eigenvalue weighted by molar-refractivity contribution is 6.05. The van der Waals surface area contributed by atoms with Crippen LogP contribution in [-0.4, -0.2) is 45.9 Å². The van der Waals surface area contributed by atoms with Gasteiger partial charge in [0.1, 0.15) is 0 Å². The smallest absolute Gasteiger partial charge is 0.256 e. The van der Waals surface area contributed by atoms with Gasteiger partial charge < -0.3 is 25.8 Å². The number of anilines is 3. The van der Waals surface area contributed by atoms with Crippen molar-refractivity contribution in [1.29, 1.82) is 0 Å². The van der Waals surface area contributed by atoms with Gasteiger partial charge in [-0.25, -0.2) is 4.68 Å². The van der Waals surface area contributed by atoms with Crippen molar-refractivity contribution < 1.29 is 19.4 Å². The molecule has 1 saturated heterocycles. The Hall–Kier alpha value is -5.22. The van der Waals surface area contributed by atoms with Crippen LogP contribution in [0.4, 0.5) is 17.1 Å². The molecule has 0 bridgehead atoms. The summed E-state index contributed by atoms with van der Waals surface area (Å²) < 4.78 is 2.41. The van der Waals surface area contributed by atoms with Crippen LogP contribution in [0.5, 0.6) is 0 Å². The molecule has 0 saturated carbocycles. The number of benzene rings is 3. The number of hydrogen-bond donors (Lipinski definition) is 3. The molecule has 1 fully saturated rings. The number of carbonyl (C=O) groups excluding carboxylic acids is 2. The van der Waals surface area contributed by atoms with Crippen molar-refractivity contribution in [1.82, 2.24) is 9.78 Å². The molecular weight excluding hydrogens is 520 g/mol.